The van der Waals surface area contributed by atoms with Crippen LogP contribution in [0.5, 0.6) is 11.5 Å². The molecule has 1 heterocycles. The van der Waals surface area contributed by atoms with Gasteiger partial charge in [-0.25, -0.2) is 0 Å². The number of Topliss-reactive ketones (excluding diaryl/α,β-unsaturated/α-hetero) is 1. The number of carbonyl (C=O) groups excluding carboxylic acids is 1. The molecule has 0 bridgehead atoms. The summed E-state index contributed by atoms with van der Waals surface area (Å²) < 4.78 is 11.5. The first-order valence-corrected chi connectivity index (χ1v) is 11.8. The molecule has 2 N–H and O–H groups in total. The van der Waals surface area contributed by atoms with Gasteiger partial charge in [0, 0.05) is 5.56 Å². The normalized spacial score (nSPS) is 15.4. The minimum absolute atomic E-state index is 0.0748. The Morgan fingerprint density at radius 3 is 2.35 bits per heavy atom. The van der Waals surface area contributed by atoms with E-state index in [2.05, 4.69) is 17.6 Å². The molecule has 1 aliphatic rings. The zero-order chi connectivity index (χ0) is 23.9. The highest BCUT2D eigenvalue weighted by Crippen LogP contribution is 2.37. The Bertz CT molecular complexity index is 1190. The van der Waals surface area contributed by atoms with Crippen molar-refractivity contribution in [1.82, 2.24) is 10.6 Å². The predicted octanol–water partition coefficient (Wildman–Crippen LogP) is 5.69. The third kappa shape index (κ3) is 5.13. The number of methoxy groups -OCH3 is 1. The molecule has 3 aromatic carbocycles. The monoisotopic (exact) mass is 472 g/mol. The molecule has 0 unspecified atom stereocenters. The van der Waals surface area contributed by atoms with Crippen LogP contribution >= 0.6 is 12.2 Å². The summed E-state index contributed by atoms with van der Waals surface area (Å²) in [6, 6.07) is 24.4. The number of nitrogens with one attached hydrogen (secondary N) is 2. The average molecular weight is 473 g/mol. The van der Waals surface area contributed by atoms with Crippen molar-refractivity contribution in [2.45, 2.75) is 25.8 Å². The highest BCUT2D eigenvalue weighted by atomic mass is 32.1. The zero-order valence-electron chi connectivity index (χ0n) is 19.3. The number of carbonyl (C=O) groups is 1. The zero-order valence-corrected chi connectivity index (χ0v) is 20.2. The number of hydrogen-bond acceptors (Lipinski definition) is 4. The topological polar surface area (TPSA) is 59.6 Å². The van der Waals surface area contributed by atoms with Gasteiger partial charge < -0.3 is 20.1 Å². The van der Waals surface area contributed by atoms with Crippen molar-refractivity contribution < 1.29 is 14.3 Å². The molecule has 1 atom stereocenters. The summed E-state index contributed by atoms with van der Waals surface area (Å²) in [5, 5.41) is 6.99. The van der Waals surface area contributed by atoms with Gasteiger partial charge in [-0.1, -0.05) is 80.1 Å². The molecular formula is C28H28N2O3S. The lowest BCUT2D eigenvalue weighted by atomic mass is 9.87. The van der Waals surface area contributed by atoms with Crippen LogP contribution in [0.15, 0.2) is 84.4 Å². The predicted molar refractivity (Wildman–Crippen MR) is 139 cm³/mol. The molecule has 0 fully saturated rings. The smallest absolute Gasteiger partial charge is 0.193 e. The Balaban J connectivity index is 1.83. The summed E-state index contributed by atoms with van der Waals surface area (Å²) in [7, 11) is 1.62. The fourth-order valence-electron chi connectivity index (χ4n) is 3.95. The molecule has 0 aliphatic carbocycles. The minimum Gasteiger partial charge on any atom is -0.493 e. The van der Waals surface area contributed by atoms with Gasteiger partial charge in [0.2, 0.25) is 0 Å². The molecule has 4 rings (SSSR count). The second kappa shape index (κ2) is 11.0. The lowest BCUT2D eigenvalue weighted by molar-refractivity contribution is 0.102. The summed E-state index contributed by atoms with van der Waals surface area (Å²) in [6.45, 7) is 2.75. The molecule has 0 aromatic heterocycles. The summed E-state index contributed by atoms with van der Waals surface area (Å²) in [5.41, 5.74) is 3.65. The maximum absolute atomic E-state index is 13.8. The molecule has 6 heteroatoms. The molecule has 0 amide bonds. The molecule has 0 saturated carbocycles. The van der Waals surface area contributed by atoms with Gasteiger partial charge in [0.15, 0.2) is 22.4 Å². The van der Waals surface area contributed by atoms with Crippen LogP contribution in [-0.2, 0) is 0 Å². The number of thiocarbonyl (C=S) groups is 1. The quantitative estimate of drug-likeness (QED) is 0.237. The lowest BCUT2D eigenvalue weighted by Crippen LogP contribution is -2.44. The Labute approximate surface area is 205 Å². The van der Waals surface area contributed by atoms with E-state index in [4.69, 9.17) is 21.7 Å². The summed E-state index contributed by atoms with van der Waals surface area (Å²) in [6.07, 6.45) is 2.02. The Kier molecular flexibility index (Phi) is 7.60. The Morgan fingerprint density at radius 1 is 0.971 bits per heavy atom. The molecule has 3 aromatic rings. The van der Waals surface area contributed by atoms with Gasteiger partial charge in [-0.05, 0) is 41.9 Å². The van der Waals surface area contributed by atoms with Gasteiger partial charge in [-0.15, -0.1) is 0 Å². The van der Waals surface area contributed by atoms with E-state index in [1.54, 1.807) is 7.11 Å². The molecular weight excluding hydrogens is 444 g/mol. The highest BCUT2D eigenvalue weighted by molar-refractivity contribution is 7.80. The lowest BCUT2D eigenvalue weighted by Gasteiger charge is -2.32. The van der Waals surface area contributed by atoms with Gasteiger partial charge in [0.1, 0.15) is 0 Å². The van der Waals surface area contributed by atoms with E-state index < -0.39 is 6.04 Å². The molecule has 0 spiro atoms. The average Bonchev–Trinajstić information content (AvgIpc) is 2.89. The highest BCUT2D eigenvalue weighted by Gasteiger charge is 2.33. The fourth-order valence-corrected chi connectivity index (χ4v) is 4.17. The molecule has 5 nitrogen and oxygen atoms in total. The molecule has 174 valence electrons. The number of benzene rings is 3. The van der Waals surface area contributed by atoms with Gasteiger partial charge in [0.25, 0.3) is 0 Å². The third-order valence-electron chi connectivity index (χ3n) is 5.69. The Hall–Kier alpha value is -3.64. The number of rotatable bonds is 9. The van der Waals surface area contributed by atoms with Crippen LogP contribution in [0.2, 0.25) is 0 Å². The van der Waals surface area contributed by atoms with E-state index in [-0.39, 0.29) is 5.78 Å². The fraction of sp³-hybridized carbons (Fsp3) is 0.214. The van der Waals surface area contributed by atoms with Crippen LogP contribution in [0, 0.1) is 0 Å². The third-order valence-corrected chi connectivity index (χ3v) is 5.91. The van der Waals surface area contributed by atoms with Crippen LogP contribution < -0.4 is 20.1 Å². The first-order valence-electron chi connectivity index (χ1n) is 11.4. The maximum atomic E-state index is 13.8. The van der Waals surface area contributed by atoms with Crippen LogP contribution in [0.3, 0.4) is 0 Å². The maximum Gasteiger partial charge on any atom is 0.193 e. The largest absolute Gasteiger partial charge is 0.493 e. The summed E-state index contributed by atoms with van der Waals surface area (Å²) in [5.74, 6) is 1.22. The molecule has 0 saturated heterocycles. The number of hydrogen-bond donors (Lipinski definition) is 2. The van der Waals surface area contributed by atoms with E-state index >= 15 is 0 Å². The molecule has 1 aliphatic heterocycles. The summed E-state index contributed by atoms with van der Waals surface area (Å²) in [4.78, 5) is 13.8. The van der Waals surface area contributed by atoms with Crippen LogP contribution in [0.4, 0.5) is 0 Å². The first kappa shape index (κ1) is 23.5. The van der Waals surface area contributed by atoms with Crippen molar-refractivity contribution in [3.8, 4) is 11.5 Å². The first-order chi connectivity index (χ1) is 16.6. The van der Waals surface area contributed by atoms with Crippen molar-refractivity contribution in [1.29, 1.82) is 0 Å². The van der Waals surface area contributed by atoms with Crippen LogP contribution in [0.1, 0.15) is 47.3 Å². The second-order valence-electron chi connectivity index (χ2n) is 7.99. The van der Waals surface area contributed by atoms with E-state index in [1.807, 2.05) is 78.9 Å². The van der Waals surface area contributed by atoms with E-state index in [9.17, 15) is 4.79 Å². The second-order valence-corrected chi connectivity index (χ2v) is 8.40. The van der Waals surface area contributed by atoms with Crippen LogP contribution in [0.25, 0.3) is 5.70 Å². The number of unbranched alkanes of at least 4 members (excludes halogenated alkanes) is 1. The van der Waals surface area contributed by atoms with Crippen molar-refractivity contribution in [3.05, 3.63) is 101 Å². The van der Waals surface area contributed by atoms with Crippen molar-refractivity contribution in [2.75, 3.05) is 13.7 Å². The van der Waals surface area contributed by atoms with E-state index in [0.29, 0.717) is 40.1 Å². The van der Waals surface area contributed by atoms with Crippen molar-refractivity contribution in [3.63, 3.8) is 0 Å². The van der Waals surface area contributed by atoms with Gasteiger partial charge >= 0.3 is 0 Å². The van der Waals surface area contributed by atoms with Gasteiger partial charge in [0.05, 0.1) is 31.0 Å². The van der Waals surface area contributed by atoms with E-state index in [0.717, 1.165) is 24.0 Å². The summed E-state index contributed by atoms with van der Waals surface area (Å²) >= 11 is 5.55. The molecule has 0 radical (unpaired) electrons. The number of ketones is 1. The van der Waals surface area contributed by atoms with Crippen molar-refractivity contribution >= 4 is 28.8 Å². The minimum atomic E-state index is -0.463. The Morgan fingerprint density at radius 2 is 1.68 bits per heavy atom. The molecule has 34 heavy (non-hydrogen) atoms. The van der Waals surface area contributed by atoms with Crippen molar-refractivity contribution in [2.24, 2.45) is 0 Å². The van der Waals surface area contributed by atoms with Gasteiger partial charge in [-0.3, -0.25) is 4.79 Å². The van der Waals surface area contributed by atoms with Gasteiger partial charge in [-0.2, -0.15) is 0 Å². The SMILES string of the molecule is CCCCOc1ccc([C@H]2NC(=S)NC(c3ccccc3)=C2C(=O)c2ccccc2)cc1OC. The van der Waals surface area contributed by atoms with E-state index in [1.165, 1.54) is 0 Å². The standard InChI is InChI=1S/C28H28N2O3S/c1-3-4-17-33-22-16-15-21(18-23(22)32-2)26-24(27(31)20-13-9-6-10-14-20)25(29-28(34)30-26)19-11-7-5-8-12-19/h5-16,18,26H,3-4,17H2,1-2H3,(H2,29,30,34)/t26-/m1/s1. The van der Waals surface area contributed by atoms with Crippen LogP contribution in [-0.4, -0.2) is 24.6 Å². The number of ether oxygens (including phenoxy) is 2.